The van der Waals surface area contributed by atoms with E-state index in [0.29, 0.717) is 12.1 Å². The van der Waals surface area contributed by atoms with Crippen molar-refractivity contribution in [2.75, 3.05) is 0 Å². The number of aromatic nitrogens is 1. The third-order valence-electron chi connectivity index (χ3n) is 2.02. The Morgan fingerprint density at radius 1 is 1.20 bits per heavy atom. The summed E-state index contributed by atoms with van der Waals surface area (Å²) >= 11 is 0. The molecule has 2 rings (SSSR count). The van der Waals surface area contributed by atoms with Gasteiger partial charge >= 0.3 is 6.41 Å². The number of fused-ring (bicyclic) bond motifs is 1. The van der Waals surface area contributed by atoms with Crippen LogP contribution in [0.1, 0.15) is 5.69 Å². The normalized spacial score (nSPS) is 11.7. The Hall–Kier alpha value is -2.03. The fourth-order valence-electron chi connectivity index (χ4n) is 1.34. The monoisotopic (exact) mass is 197 g/mol. The lowest BCUT2D eigenvalue weighted by Gasteiger charge is -1.96. The summed E-state index contributed by atoms with van der Waals surface area (Å²) in [6.45, 7) is 0. The first-order valence-electron chi connectivity index (χ1n) is 4.48. The largest absolute Gasteiger partial charge is 0.375 e. The Morgan fingerprint density at radius 3 is 2.80 bits per heavy atom. The van der Waals surface area contributed by atoms with E-state index in [4.69, 9.17) is 7.05 Å². The van der Waals surface area contributed by atoms with Gasteiger partial charge in [0.05, 0.1) is 5.52 Å². The highest BCUT2D eigenvalue weighted by molar-refractivity contribution is 5.84. The fourth-order valence-corrected chi connectivity index (χ4v) is 1.34. The number of para-hydroxylation sites is 1. The van der Waals surface area contributed by atoms with Crippen molar-refractivity contribution in [3.05, 3.63) is 49.1 Å². The highest BCUT2D eigenvalue weighted by Gasteiger charge is 1.99. The first-order valence-corrected chi connectivity index (χ1v) is 4.48. The molecule has 0 aliphatic rings. The maximum Gasteiger partial charge on any atom is 0.375 e. The van der Waals surface area contributed by atoms with E-state index >= 15 is 0 Å². The Balaban J connectivity index is 2.52. The minimum atomic E-state index is 0.525. The summed E-state index contributed by atoms with van der Waals surface area (Å²) < 4.78 is 0.942. The molecule has 0 spiro atoms. The van der Waals surface area contributed by atoms with Gasteiger partial charge in [0.15, 0.2) is 6.21 Å². The molecule has 2 aromatic rings. The second kappa shape index (κ2) is 4.00. The molecule has 72 valence electrons. The lowest BCUT2D eigenvalue weighted by atomic mass is 10.2. The van der Waals surface area contributed by atoms with Gasteiger partial charge in [-0.3, -0.25) is 0 Å². The number of carbonyl (C=O) groups excluding carboxylic acids is 1. The van der Waals surface area contributed by atoms with Gasteiger partial charge in [0.25, 0.3) is 7.05 Å². The summed E-state index contributed by atoms with van der Waals surface area (Å²) in [5, 5.41) is 1.06. The summed E-state index contributed by atoms with van der Waals surface area (Å²) in [6, 6.07) is 11.5. The molecule has 1 heterocycles. The molecule has 0 saturated carbocycles. The van der Waals surface area contributed by atoms with Crippen molar-refractivity contribution in [1.82, 2.24) is 4.98 Å². The van der Waals surface area contributed by atoms with Crippen molar-refractivity contribution < 1.29 is 9.37 Å². The van der Waals surface area contributed by atoms with Gasteiger partial charge in [-0.15, -0.1) is 0 Å². The van der Waals surface area contributed by atoms with Crippen LogP contribution in [-0.4, -0.2) is 22.2 Å². The predicted octanol–water partition coefficient (Wildman–Crippen LogP) is 1.49. The van der Waals surface area contributed by atoms with Gasteiger partial charge in [0.1, 0.15) is 5.69 Å². The summed E-state index contributed by atoms with van der Waals surface area (Å²) in [4.78, 5) is 14.6. The van der Waals surface area contributed by atoms with E-state index in [0.717, 1.165) is 15.5 Å². The molecule has 1 aromatic heterocycles. The van der Waals surface area contributed by atoms with Crippen LogP contribution in [-0.2, 0) is 4.79 Å². The van der Waals surface area contributed by atoms with Crippen molar-refractivity contribution in [1.29, 1.82) is 0 Å². The number of benzene rings is 1. The highest BCUT2D eigenvalue weighted by Crippen LogP contribution is 2.10. The molecule has 15 heavy (non-hydrogen) atoms. The zero-order valence-electron chi connectivity index (χ0n) is 8.00. The Morgan fingerprint density at radius 2 is 2.00 bits per heavy atom. The van der Waals surface area contributed by atoms with E-state index in [1.54, 1.807) is 0 Å². The molecule has 0 bridgehead atoms. The summed E-state index contributed by atoms with van der Waals surface area (Å²) in [7, 11) is 5.32. The minimum absolute atomic E-state index is 0.525. The standard InChI is InChI=1S/C12H9N2O/c1-14(9-15)8-11-7-6-10-4-2-3-5-12(10)13-11/h1-9H/q+1. The molecule has 1 amide bonds. The number of nitrogens with zero attached hydrogens (tertiary/aromatic N) is 2. The maximum absolute atomic E-state index is 10.3. The number of hydrogen-bond acceptors (Lipinski definition) is 2. The van der Waals surface area contributed by atoms with Crippen LogP contribution in [0.25, 0.3) is 10.9 Å². The number of rotatable bonds is 2. The molecule has 0 saturated heterocycles. The molecule has 0 atom stereocenters. The van der Waals surface area contributed by atoms with Crippen molar-refractivity contribution in [3.8, 4) is 0 Å². The SMILES string of the molecule is [CH][N+](C=O)=Cc1ccc2ccccc2n1. The fraction of sp³-hybridized carbons (Fsp3) is 0. The van der Waals surface area contributed by atoms with Crippen LogP contribution in [0.2, 0.25) is 0 Å². The van der Waals surface area contributed by atoms with Crippen LogP contribution in [0.15, 0.2) is 36.4 Å². The minimum Gasteiger partial charge on any atom is -0.242 e. The first kappa shape index (κ1) is 9.52. The zero-order chi connectivity index (χ0) is 10.7. The Bertz CT molecular complexity index is 532. The van der Waals surface area contributed by atoms with Crippen LogP contribution in [0.3, 0.4) is 0 Å². The van der Waals surface area contributed by atoms with Crippen molar-refractivity contribution in [2.24, 2.45) is 0 Å². The molecular formula is C12H9N2O+. The van der Waals surface area contributed by atoms with Gasteiger partial charge < -0.3 is 0 Å². The summed E-state index contributed by atoms with van der Waals surface area (Å²) in [5.41, 5.74) is 1.54. The molecule has 0 aliphatic heterocycles. The average molecular weight is 197 g/mol. The predicted molar refractivity (Wildman–Crippen MR) is 57.5 cm³/mol. The van der Waals surface area contributed by atoms with Gasteiger partial charge in [-0.1, -0.05) is 24.3 Å². The van der Waals surface area contributed by atoms with E-state index in [-0.39, 0.29) is 0 Å². The van der Waals surface area contributed by atoms with Gasteiger partial charge in [0, 0.05) is 5.39 Å². The van der Waals surface area contributed by atoms with Crippen molar-refractivity contribution >= 4 is 23.5 Å². The number of carbonyl (C=O) groups is 1. The lowest BCUT2D eigenvalue weighted by molar-refractivity contribution is -0.364. The zero-order valence-corrected chi connectivity index (χ0v) is 8.00. The van der Waals surface area contributed by atoms with Crippen LogP contribution in [0.5, 0.6) is 0 Å². The average Bonchev–Trinajstić information content (AvgIpc) is 2.29. The van der Waals surface area contributed by atoms with Crippen LogP contribution < -0.4 is 0 Å². The molecule has 2 radical (unpaired) electrons. The molecule has 0 aliphatic carbocycles. The second-order valence-electron chi connectivity index (χ2n) is 3.11. The highest BCUT2D eigenvalue weighted by atomic mass is 16.1. The van der Waals surface area contributed by atoms with E-state index < -0.39 is 0 Å². The van der Waals surface area contributed by atoms with E-state index in [1.165, 1.54) is 6.21 Å². The number of amides is 1. The van der Waals surface area contributed by atoms with Crippen LogP contribution in [0, 0.1) is 7.05 Å². The number of pyridine rings is 1. The molecule has 1 aromatic carbocycles. The second-order valence-corrected chi connectivity index (χ2v) is 3.11. The molecule has 0 N–H and O–H groups in total. The van der Waals surface area contributed by atoms with Gasteiger partial charge in [0.2, 0.25) is 0 Å². The smallest absolute Gasteiger partial charge is 0.242 e. The van der Waals surface area contributed by atoms with Crippen molar-refractivity contribution in [3.63, 3.8) is 0 Å². The molecule has 3 nitrogen and oxygen atoms in total. The molecule has 3 heteroatoms. The maximum atomic E-state index is 10.3. The molecule has 0 unspecified atom stereocenters. The lowest BCUT2D eigenvalue weighted by Crippen LogP contribution is -2.03. The summed E-state index contributed by atoms with van der Waals surface area (Å²) in [5.74, 6) is 0. The third kappa shape index (κ3) is 2.07. The summed E-state index contributed by atoms with van der Waals surface area (Å²) in [6.07, 6.45) is 2.00. The third-order valence-corrected chi connectivity index (χ3v) is 2.02. The van der Waals surface area contributed by atoms with E-state index in [1.807, 2.05) is 36.4 Å². The molecular weight excluding hydrogens is 188 g/mol. The quantitative estimate of drug-likeness (QED) is 0.316. The topological polar surface area (TPSA) is 33.0 Å². The van der Waals surface area contributed by atoms with Crippen molar-refractivity contribution in [2.45, 2.75) is 0 Å². The van der Waals surface area contributed by atoms with Gasteiger partial charge in [-0.2, -0.15) is 4.58 Å². The van der Waals surface area contributed by atoms with E-state index in [2.05, 4.69) is 4.98 Å². The number of hydrogen-bond donors (Lipinski definition) is 0. The van der Waals surface area contributed by atoms with E-state index in [9.17, 15) is 4.79 Å². The van der Waals surface area contributed by atoms with Crippen LogP contribution in [0.4, 0.5) is 0 Å². The van der Waals surface area contributed by atoms with Crippen LogP contribution >= 0.6 is 0 Å². The Kier molecular flexibility index (Phi) is 2.54. The Labute approximate surface area is 87.7 Å². The van der Waals surface area contributed by atoms with Gasteiger partial charge in [-0.25, -0.2) is 9.78 Å². The van der Waals surface area contributed by atoms with Gasteiger partial charge in [-0.05, 0) is 12.1 Å². The molecule has 0 fully saturated rings. The first-order chi connectivity index (χ1) is 7.29.